The zero-order valence-corrected chi connectivity index (χ0v) is 22.5. The minimum atomic E-state index is 0.0855. The summed E-state index contributed by atoms with van der Waals surface area (Å²) in [6, 6.07) is 17.8. The number of piperazine rings is 1. The van der Waals surface area contributed by atoms with Crippen LogP contribution in [0.5, 0.6) is 5.75 Å². The van der Waals surface area contributed by atoms with Crippen molar-refractivity contribution < 1.29 is 9.53 Å². The maximum Gasteiger partial charge on any atom is 0.253 e. The van der Waals surface area contributed by atoms with Gasteiger partial charge < -0.3 is 14.5 Å². The third-order valence-corrected chi connectivity index (χ3v) is 7.52. The Hall–Kier alpha value is -3.75. The number of rotatable bonds is 9. The van der Waals surface area contributed by atoms with Crippen LogP contribution in [0.25, 0.3) is 33.4 Å². The lowest BCUT2D eigenvalue weighted by molar-refractivity contribution is 0.0625. The van der Waals surface area contributed by atoms with Crippen LogP contribution in [0.1, 0.15) is 24.2 Å². The fourth-order valence-electron chi connectivity index (χ4n) is 5.13. The van der Waals surface area contributed by atoms with Crippen LogP contribution in [0, 0.1) is 0 Å². The molecule has 2 aromatic heterocycles. The van der Waals surface area contributed by atoms with E-state index in [1.54, 1.807) is 7.11 Å². The van der Waals surface area contributed by atoms with Crippen molar-refractivity contribution in [2.75, 3.05) is 59.5 Å². The number of amides is 1. The normalized spacial score (nSPS) is 14.4. The van der Waals surface area contributed by atoms with Crippen LogP contribution in [-0.2, 0) is 0 Å². The van der Waals surface area contributed by atoms with Crippen molar-refractivity contribution in [3.63, 3.8) is 0 Å². The van der Waals surface area contributed by atoms with Crippen molar-refractivity contribution in [3.8, 4) is 28.1 Å². The van der Waals surface area contributed by atoms with Crippen LogP contribution >= 0.6 is 0 Å². The highest BCUT2D eigenvalue weighted by atomic mass is 16.5. The molecule has 0 atom stereocenters. The highest BCUT2D eigenvalue weighted by Crippen LogP contribution is 2.34. The summed E-state index contributed by atoms with van der Waals surface area (Å²) in [5.41, 5.74) is 5.02. The number of hydrogen-bond acceptors (Lipinski definition) is 6. The van der Waals surface area contributed by atoms with Crippen molar-refractivity contribution in [1.29, 1.82) is 0 Å². The first-order chi connectivity index (χ1) is 18.6. The number of nitrogens with one attached hydrogen (secondary N) is 1. The Morgan fingerprint density at radius 2 is 1.79 bits per heavy atom. The molecule has 1 fully saturated rings. The van der Waals surface area contributed by atoms with Gasteiger partial charge in [-0.05, 0) is 49.0 Å². The van der Waals surface area contributed by atoms with Crippen LogP contribution in [0.15, 0.2) is 60.8 Å². The molecule has 8 nitrogen and oxygen atoms in total. The molecule has 3 heterocycles. The van der Waals surface area contributed by atoms with E-state index in [0.717, 1.165) is 85.9 Å². The summed E-state index contributed by atoms with van der Waals surface area (Å²) in [7, 11) is 1.66. The Morgan fingerprint density at radius 3 is 2.55 bits per heavy atom. The highest BCUT2D eigenvalue weighted by Gasteiger charge is 2.23. The number of fused-ring (bicyclic) bond motifs is 1. The van der Waals surface area contributed by atoms with E-state index in [0.29, 0.717) is 11.2 Å². The quantitative estimate of drug-likeness (QED) is 0.358. The smallest absolute Gasteiger partial charge is 0.253 e. The maximum absolute atomic E-state index is 13.4. The van der Waals surface area contributed by atoms with Gasteiger partial charge in [-0.1, -0.05) is 38.1 Å². The number of carbonyl (C=O) groups is 1. The van der Waals surface area contributed by atoms with E-state index in [1.807, 2.05) is 59.6 Å². The first-order valence-corrected chi connectivity index (χ1v) is 13.4. The molecule has 1 saturated heterocycles. The number of ether oxygens (including phenoxy) is 1. The van der Waals surface area contributed by atoms with Gasteiger partial charge in [0, 0.05) is 67.5 Å². The van der Waals surface area contributed by atoms with E-state index in [4.69, 9.17) is 4.74 Å². The standard InChI is InChI=1S/C30H36N6O2/c1-4-34(5-2)13-14-35-15-17-36(18-16-35)30(37)23-10-8-9-22(19-23)24-20-26-28(32-33-29(26)31-21-24)25-11-6-7-12-27(25)38-3/h6-12,19-21H,4-5,13-18H2,1-3H3,(H,31,32,33). The first kappa shape index (κ1) is 25.9. The fourth-order valence-corrected chi connectivity index (χ4v) is 5.13. The number of H-pyrrole nitrogens is 1. The topological polar surface area (TPSA) is 77.6 Å². The lowest BCUT2D eigenvalue weighted by Crippen LogP contribution is -2.50. The van der Waals surface area contributed by atoms with Gasteiger partial charge in [-0.15, -0.1) is 0 Å². The molecule has 5 rings (SSSR count). The summed E-state index contributed by atoms with van der Waals surface area (Å²) < 4.78 is 5.56. The lowest BCUT2D eigenvalue weighted by atomic mass is 10.0. The lowest BCUT2D eigenvalue weighted by Gasteiger charge is -2.35. The summed E-state index contributed by atoms with van der Waals surface area (Å²) in [5, 5.41) is 8.42. The highest BCUT2D eigenvalue weighted by molar-refractivity contribution is 5.97. The predicted molar refractivity (Wildman–Crippen MR) is 151 cm³/mol. The molecule has 1 N–H and O–H groups in total. The number of likely N-dealkylation sites (N-methyl/N-ethyl adjacent to an activating group) is 1. The Morgan fingerprint density at radius 1 is 1.00 bits per heavy atom. The average molecular weight is 513 g/mol. The van der Waals surface area contributed by atoms with E-state index in [-0.39, 0.29) is 5.91 Å². The molecule has 0 spiro atoms. The second kappa shape index (κ2) is 11.8. The van der Waals surface area contributed by atoms with Gasteiger partial charge in [0.05, 0.1) is 12.8 Å². The minimum Gasteiger partial charge on any atom is -0.496 e. The van der Waals surface area contributed by atoms with Crippen molar-refractivity contribution in [2.24, 2.45) is 0 Å². The summed E-state index contributed by atoms with van der Waals surface area (Å²) in [5.74, 6) is 0.853. The van der Waals surface area contributed by atoms with Gasteiger partial charge in [-0.25, -0.2) is 4.98 Å². The van der Waals surface area contributed by atoms with E-state index in [2.05, 4.69) is 44.9 Å². The molecule has 0 unspecified atom stereocenters. The summed E-state index contributed by atoms with van der Waals surface area (Å²) in [6.45, 7) is 12.0. The number of para-hydroxylation sites is 1. The van der Waals surface area contributed by atoms with E-state index >= 15 is 0 Å². The average Bonchev–Trinajstić information content (AvgIpc) is 3.41. The van der Waals surface area contributed by atoms with Crippen LogP contribution in [-0.4, -0.2) is 95.3 Å². The first-order valence-electron chi connectivity index (χ1n) is 13.4. The largest absolute Gasteiger partial charge is 0.496 e. The van der Waals surface area contributed by atoms with E-state index < -0.39 is 0 Å². The molecule has 0 radical (unpaired) electrons. The van der Waals surface area contributed by atoms with Crippen molar-refractivity contribution >= 4 is 16.9 Å². The van der Waals surface area contributed by atoms with Crippen molar-refractivity contribution in [3.05, 3.63) is 66.4 Å². The number of carbonyl (C=O) groups excluding carboxylic acids is 1. The number of hydrogen-bond donors (Lipinski definition) is 1. The summed E-state index contributed by atoms with van der Waals surface area (Å²) >= 11 is 0. The second-order valence-corrected chi connectivity index (χ2v) is 9.64. The molecule has 4 aromatic rings. The third-order valence-electron chi connectivity index (χ3n) is 7.52. The van der Waals surface area contributed by atoms with Crippen LogP contribution in [0.4, 0.5) is 0 Å². The second-order valence-electron chi connectivity index (χ2n) is 9.64. The molecule has 0 bridgehead atoms. The van der Waals surface area contributed by atoms with Crippen molar-refractivity contribution in [1.82, 2.24) is 29.9 Å². The number of aromatic amines is 1. The van der Waals surface area contributed by atoms with E-state index in [9.17, 15) is 4.79 Å². The van der Waals surface area contributed by atoms with Gasteiger partial charge in [0.25, 0.3) is 5.91 Å². The van der Waals surface area contributed by atoms with Crippen LogP contribution in [0.2, 0.25) is 0 Å². The molecule has 8 heteroatoms. The molecular weight excluding hydrogens is 476 g/mol. The zero-order valence-electron chi connectivity index (χ0n) is 22.5. The summed E-state index contributed by atoms with van der Waals surface area (Å²) in [6.07, 6.45) is 1.81. The van der Waals surface area contributed by atoms with Gasteiger partial charge in [0.1, 0.15) is 5.75 Å². The number of benzene rings is 2. The Labute approximate surface area is 224 Å². The molecule has 1 amide bonds. The fraction of sp³-hybridized carbons (Fsp3) is 0.367. The Balaban J connectivity index is 1.32. The van der Waals surface area contributed by atoms with Crippen molar-refractivity contribution in [2.45, 2.75) is 13.8 Å². The molecular formula is C30H36N6O2. The number of methoxy groups -OCH3 is 1. The van der Waals surface area contributed by atoms with Gasteiger partial charge >= 0.3 is 0 Å². The van der Waals surface area contributed by atoms with Gasteiger partial charge in [0.2, 0.25) is 0 Å². The maximum atomic E-state index is 13.4. The van der Waals surface area contributed by atoms with Gasteiger partial charge in [-0.2, -0.15) is 5.10 Å². The SMILES string of the molecule is CCN(CC)CCN1CCN(C(=O)c2cccc(-c3cnc4n[nH]c(-c5ccccc5OC)c4c3)c2)CC1. The molecule has 2 aromatic carbocycles. The number of aromatic nitrogens is 3. The molecule has 198 valence electrons. The third kappa shape index (κ3) is 5.42. The number of pyridine rings is 1. The molecule has 0 aliphatic carbocycles. The van der Waals surface area contributed by atoms with Crippen LogP contribution in [0.3, 0.4) is 0 Å². The number of nitrogens with zero attached hydrogens (tertiary/aromatic N) is 5. The van der Waals surface area contributed by atoms with Gasteiger partial charge in [0.15, 0.2) is 5.65 Å². The predicted octanol–water partition coefficient (Wildman–Crippen LogP) is 4.40. The summed E-state index contributed by atoms with van der Waals surface area (Å²) in [4.78, 5) is 24.9. The molecule has 0 saturated carbocycles. The Bertz CT molecular complexity index is 1390. The zero-order chi connectivity index (χ0) is 26.5. The molecule has 1 aliphatic rings. The van der Waals surface area contributed by atoms with Crippen LogP contribution < -0.4 is 4.74 Å². The molecule has 1 aliphatic heterocycles. The minimum absolute atomic E-state index is 0.0855. The Kier molecular flexibility index (Phi) is 8.00. The van der Waals surface area contributed by atoms with Gasteiger partial charge in [-0.3, -0.25) is 14.8 Å². The van der Waals surface area contributed by atoms with E-state index in [1.165, 1.54) is 0 Å². The molecule has 38 heavy (non-hydrogen) atoms. The monoisotopic (exact) mass is 512 g/mol.